The van der Waals surface area contributed by atoms with Gasteiger partial charge in [0.15, 0.2) is 0 Å². The number of likely N-dealkylation sites (N-methyl/N-ethyl adjacent to an activating group) is 1. The van der Waals surface area contributed by atoms with Crippen molar-refractivity contribution in [2.75, 3.05) is 19.6 Å². The second-order valence-corrected chi connectivity index (χ2v) is 4.38. The smallest absolute Gasteiger partial charge is 0.251 e. The molecule has 0 spiro atoms. The van der Waals surface area contributed by atoms with Crippen molar-refractivity contribution in [2.45, 2.75) is 27.7 Å². The zero-order valence-electron chi connectivity index (χ0n) is 11.2. The summed E-state index contributed by atoms with van der Waals surface area (Å²) in [5.41, 5.74) is 4.10. The quantitative estimate of drug-likeness (QED) is 0.765. The molecule has 1 rings (SSSR count). The van der Waals surface area contributed by atoms with Gasteiger partial charge in [-0.15, -0.1) is 0 Å². The topological polar surface area (TPSA) is 41.1 Å². The van der Waals surface area contributed by atoms with Crippen molar-refractivity contribution in [3.63, 3.8) is 0 Å². The molecule has 0 fully saturated rings. The average Bonchev–Trinajstić information content (AvgIpc) is 2.23. The van der Waals surface area contributed by atoms with Gasteiger partial charge in [-0.2, -0.15) is 0 Å². The molecule has 3 nitrogen and oxygen atoms in total. The average molecular weight is 234 g/mol. The van der Waals surface area contributed by atoms with Gasteiger partial charge in [0, 0.05) is 18.7 Å². The predicted octanol–water partition coefficient (Wildman–Crippen LogP) is 1.95. The third kappa shape index (κ3) is 3.86. The summed E-state index contributed by atoms with van der Waals surface area (Å²) in [6, 6.07) is 4.10. The van der Waals surface area contributed by atoms with E-state index in [-0.39, 0.29) is 5.91 Å². The van der Waals surface area contributed by atoms with Crippen LogP contribution < -0.4 is 10.6 Å². The molecule has 0 aliphatic heterocycles. The van der Waals surface area contributed by atoms with Crippen LogP contribution in [0, 0.1) is 20.8 Å². The summed E-state index contributed by atoms with van der Waals surface area (Å²) >= 11 is 0. The van der Waals surface area contributed by atoms with Gasteiger partial charge in [-0.05, 0) is 38.4 Å². The molecule has 0 heterocycles. The summed E-state index contributed by atoms with van der Waals surface area (Å²) in [5.74, 6) is 0.0258. The second-order valence-electron chi connectivity index (χ2n) is 4.38. The Hall–Kier alpha value is -1.35. The van der Waals surface area contributed by atoms with Crippen LogP contribution in [0.25, 0.3) is 0 Å². The van der Waals surface area contributed by atoms with Crippen molar-refractivity contribution in [3.8, 4) is 0 Å². The lowest BCUT2D eigenvalue weighted by atomic mass is 9.99. The van der Waals surface area contributed by atoms with Gasteiger partial charge in [-0.1, -0.05) is 24.6 Å². The molecule has 0 saturated heterocycles. The van der Waals surface area contributed by atoms with Gasteiger partial charge in [0.25, 0.3) is 5.91 Å². The number of hydrogen-bond acceptors (Lipinski definition) is 2. The van der Waals surface area contributed by atoms with Gasteiger partial charge in [0.1, 0.15) is 0 Å². The van der Waals surface area contributed by atoms with E-state index in [4.69, 9.17) is 0 Å². The van der Waals surface area contributed by atoms with E-state index in [1.54, 1.807) is 0 Å². The fourth-order valence-corrected chi connectivity index (χ4v) is 2.07. The summed E-state index contributed by atoms with van der Waals surface area (Å²) in [6.07, 6.45) is 0. The lowest BCUT2D eigenvalue weighted by Crippen LogP contribution is -2.32. The summed E-state index contributed by atoms with van der Waals surface area (Å²) in [7, 11) is 0. The van der Waals surface area contributed by atoms with Crippen LogP contribution in [0.2, 0.25) is 0 Å². The van der Waals surface area contributed by atoms with Crippen molar-refractivity contribution >= 4 is 5.91 Å². The van der Waals surface area contributed by atoms with Crippen molar-refractivity contribution in [1.82, 2.24) is 10.6 Å². The molecule has 94 valence electrons. The van der Waals surface area contributed by atoms with Crippen LogP contribution in [0.4, 0.5) is 0 Å². The molecule has 0 unspecified atom stereocenters. The number of aryl methyl sites for hydroxylation is 3. The molecule has 1 aromatic rings. The molecule has 2 N–H and O–H groups in total. The third-order valence-electron chi connectivity index (χ3n) is 2.74. The largest absolute Gasteiger partial charge is 0.351 e. The second kappa shape index (κ2) is 6.40. The maximum atomic E-state index is 12.0. The highest BCUT2D eigenvalue weighted by Crippen LogP contribution is 2.15. The fourth-order valence-electron chi connectivity index (χ4n) is 2.07. The molecular weight excluding hydrogens is 212 g/mol. The van der Waals surface area contributed by atoms with Gasteiger partial charge in [0.05, 0.1) is 0 Å². The predicted molar refractivity (Wildman–Crippen MR) is 71.5 cm³/mol. The Bertz CT molecular complexity index is 376. The molecule has 0 radical (unpaired) electrons. The van der Waals surface area contributed by atoms with Crippen molar-refractivity contribution < 1.29 is 4.79 Å². The first-order valence-electron chi connectivity index (χ1n) is 6.13. The summed E-state index contributed by atoms with van der Waals surface area (Å²) in [4.78, 5) is 12.0. The molecule has 17 heavy (non-hydrogen) atoms. The van der Waals surface area contributed by atoms with Crippen LogP contribution in [-0.2, 0) is 0 Å². The fraction of sp³-hybridized carbons (Fsp3) is 0.500. The Balaban J connectivity index is 2.69. The maximum absolute atomic E-state index is 12.0. The first-order valence-corrected chi connectivity index (χ1v) is 6.13. The highest BCUT2D eigenvalue weighted by molar-refractivity contribution is 5.97. The number of nitrogens with one attached hydrogen (secondary N) is 2. The normalized spacial score (nSPS) is 10.4. The highest BCUT2D eigenvalue weighted by atomic mass is 16.1. The number of amides is 1. The number of carbonyl (C=O) groups excluding carboxylic acids is 1. The number of rotatable bonds is 5. The van der Waals surface area contributed by atoms with Crippen molar-refractivity contribution in [2.24, 2.45) is 0 Å². The molecule has 1 aromatic carbocycles. The van der Waals surface area contributed by atoms with E-state index in [1.165, 1.54) is 5.56 Å². The van der Waals surface area contributed by atoms with E-state index < -0.39 is 0 Å². The summed E-state index contributed by atoms with van der Waals surface area (Å²) in [6.45, 7) is 10.5. The Morgan fingerprint density at radius 2 is 1.71 bits per heavy atom. The monoisotopic (exact) mass is 234 g/mol. The van der Waals surface area contributed by atoms with E-state index >= 15 is 0 Å². The minimum Gasteiger partial charge on any atom is -0.351 e. The molecule has 0 aliphatic rings. The minimum absolute atomic E-state index is 0.0258. The van der Waals surface area contributed by atoms with Gasteiger partial charge in [-0.25, -0.2) is 0 Å². The van der Waals surface area contributed by atoms with Crippen LogP contribution in [-0.4, -0.2) is 25.5 Å². The Labute approximate surface area is 104 Å². The molecule has 0 atom stereocenters. The minimum atomic E-state index is 0.0258. The third-order valence-corrected chi connectivity index (χ3v) is 2.74. The first-order chi connectivity index (χ1) is 8.06. The number of benzene rings is 1. The molecule has 0 saturated carbocycles. The van der Waals surface area contributed by atoms with E-state index in [9.17, 15) is 4.79 Å². The Kier molecular flexibility index (Phi) is 5.16. The molecular formula is C14H22N2O. The zero-order valence-corrected chi connectivity index (χ0v) is 11.2. The van der Waals surface area contributed by atoms with Crippen molar-refractivity contribution in [3.05, 3.63) is 34.4 Å². The molecule has 1 amide bonds. The van der Waals surface area contributed by atoms with Crippen LogP contribution in [0.3, 0.4) is 0 Å². The highest BCUT2D eigenvalue weighted by Gasteiger charge is 2.11. The van der Waals surface area contributed by atoms with Crippen LogP contribution in [0.5, 0.6) is 0 Å². The summed E-state index contributed by atoms with van der Waals surface area (Å²) in [5, 5.41) is 6.11. The van der Waals surface area contributed by atoms with E-state index in [2.05, 4.69) is 17.6 Å². The van der Waals surface area contributed by atoms with E-state index in [0.29, 0.717) is 6.54 Å². The zero-order chi connectivity index (χ0) is 12.8. The Morgan fingerprint density at radius 3 is 2.24 bits per heavy atom. The lowest BCUT2D eigenvalue weighted by Gasteiger charge is -2.11. The Morgan fingerprint density at radius 1 is 1.12 bits per heavy atom. The van der Waals surface area contributed by atoms with Gasteiger partial charge in [0.2, 0.25) is 0 Å². The molecule has 0 aliphatic carbocycles. The van der Waals surface area contributed by atoms with Gasteiger partial charge in [-0.3, -0.25) is 4.79 Å². The maximum Gasteiger partial charge on any atom is 0.251 e. The van der Waals surface area contributed by atoms with Crippen LogP contribution in [0.1, 0.15) is 34.0 Å². The van der Waals surface area contributed by atoms with Crippen molar-refractivity contribution in [1.29, 1.82) is 0 Å². The molecule has 0 bridgehead atoms. The van der Waals surface area contributed by atoms with Crippen LogP contribution in [0.15, 0.2) is 12.1 Å². The SMILES string of the molecule is CCNCCNC(=O)c1c(C)cc(C)cc1C. The van der Waals surface area contributed by atoms with Crippen LogP contribution >= 0.6 is 0 Å². The van der Waals surface area contributed by atoms with Gasteiger partial charge >= 0.3 is 0 Å². The lowest BCUT2D eigenvalue weighted by molar-refractivity contribution is 0.0953. The van der Waals surface area contributed by atoms with E-state index in [0.717, 1.165) is 29.8 Å². The molecule has 0 aromatic heterocycles. The van der Waals surface area contributed by atoms with Gasteiger partial charge < -0.3 is 10.6 Å². The van der Waals surface area contributed by atoms with E-state index in [1.807, 2.05) is 32.9 Å². The molecule has 3 heteroatoms. The number of hydrogen-bond donors (Lipinski definition) is 2. The summed E-state index contributed by atoms with van der Waals surface area (Å²) < 4.78 is 0. The number of carbonyl (C=O) groups is 1. The standard InChI is InChI=1S/C14H22N2O/c1-5-15-6-7-16-14(17)13-11(3)8-10(2)9-12(13)4/h8-9,15H,5-7H2,1-4H3,(H,16,17). The first kappa shape index (κ1) is 13.7.